The summed E-state index contributed by atoms with van der Waals surface area (Å²) in [5.74, 6) is 0.607. The molecule has 4 rings (SSSR count). The van der Waals surface area contributed by atoms with Crippen LogP contribution in [0.5, 0.6) is 0 Å². The fraction of sp³-hybridized carbons (Fsp3) is 0.111. The van der Waals surface area contributed by atoms with Crippen molar-refractivity contribution in [3.8, 4) is 11.5 Å². The lowest BCUT2D eigenvalue weighted by Gasteiger charge is -1.93. The third-order valence-corrected chi connectivity index (χ3v) is 3.90. The van der Waals surface area contributed by atoms with Crippen LogP contribution in [0.3, 0.4) is 0 Å². The summed E-state index contributed by atoms with van der Waals surface area (Å²) in [5.41, 5.74) is 4.57. The molecule has 2 heterocycles. The molecule has 108 valence electrons. The minimum absolute atomic E-state index is 0.389. The van der Waals surface area contributed by atoms with Crippen molar-refractivity contribution in [1.82, 2.24) is 9.55 Å². The quantitative estimate of drug-likeness (QED) is 0.540. The van der Waals surface area contributed by atoms with E-state index in [2.05, 4.69) is 21.7 Å². The molecule has 0 N–H and O–H groups in total. The van der Waals surface area contributed by atoms with Crippen LogP contribution in [0.25, 0.3) is 33.5 Å². The zero-order valence-electron chi connectivity index (χ0n) is 12.1. The van der Waals surface area contributed by atoms with Gasteiger partial charge < -0.3 is 13.8 Å². The van der Waals surface area contributed by atoms with Gasteiger partial charge in [0.1, 0.15) is 11.8 Å². The maximum Gasteiger partial charge on any atom is 0.229 e. The largest absolute Gasteiger partial charge is 0.436 e. The second kappa shape index (κ2) is 4.84. The summed E-state index contributed by atoms with van der Waals surface area (Å²) in [6.45, 7) is 0. The van der Waals surface area contributed by atoms with E-state index in [-0.39, 0.29) is 0 Å². The van der Waals surface area contributed by atoms with E-state index < -0.39 is 0 Å². The summed E-state index contributed by atoms with van der Waals surface area (Å²) in [4.78, 5) is 15.2. The molecule has 0 fully saturated rings. The number of carbonyl (C=O) groups is 1. The van der Waals surface area contributed by atoms with Gasteiger partial charge in [0, 0.05) is 30.6 Å². The monoisotopic (exact) mass is 290 g/mol. The maximum absolute atomic E-state index is 10.6. The molecule has 2 aromatic heterocycles. The summed E-state index contributed by atoms with van der Waals surface area (Å²) in [6, 6.07) is 13.9. The molecule has 0 amide bonds. The summed E-state index contributed by atoms with van der Waals surface area (Å²) in [7, 11) is 2.01. The van der Waals surface area contributed by atoms with Crippen LogP contribution in [0.2, 0.25) is 0 Å². The highest BCUT2D eigenvalue weighted by molar-refractivity contribution is 5.95. The van der Waals surface area contributed by atoms with Crippen LogP contribution in [-0.2, 0) is 18.3 Å². The van der Waals surface area contributed by atoms with Gasteiger partial charge in [0.25, 0.3) is 0 Å². The number of oxazole rings is 1. The Balaban J connectivity index is 1.91. The highest BCUT2D eigenvalue weighted by Gasteiger charge is 2.14. The number of fused-ring (bicyclic) bond motifs is 2. The smallest absolute Gasteiger partial charge is 0.229 e. The van der Waals surface area contributed by atoms with Crippen LogP contribution in [0.4, 0.5) is 0 Å². The second-order valence-electron chi connectivity index (χ2n) is 5.36. The van der Waals surface area contributed by atoms with Gasteiger partial charge in [-0.3, -0.25) is 0 Å². The van der Waals surface area contributed by atoms with Crippen LogP contribution in [0.1, 0.15) is 5.56 Å². The number of rotatable bonds is 3. The third-order valence-electron chi connectivity index (χ3n) is 3.90. The van der Waals surface area contributed by atoms with Crippen LogP contribution in [0, 0.1) is 0 Å². The molecule has 0 spiro atoms. The Labute approximate surface area is 127 Å². The number of aromatic nitrogens is 2. The number of nitrogens with zero attached hydrogens (tertiary/aromatic N) is 2. The van der Waals surface area contributed by atoms with Crippen molar-refractivity contribution in [2.45, 2.75) is 6.42 Å². The number of benzene rings is 2. The van der Waals surface area contributed by atoms with Crippen molar-refractivity contribution >= 4 is 28.3 Å². The summed E-state index contributed by atoms with van der Waals surface area (Å²) >= 11 is 0. The summed E-state index contributed by atoms with van der Waals surface area (Å²) in [5, 5.41) is 1.12. The molecular formula is C18H14N2O2. The maximum atomic E-state index is 10.6. The van der Waals surface area contributed by atoms with Crippen molar-refractivity contribution in [3.63, 3.8) is 0 Å². The highest BCUT2D eigenvalue weighted by Crippen LogP contribution is 2.31. The first-order valence-electron chi connectivity index (χ1n) is 7.14. The number of hydrogen-bond acceptors (Lipinski definition) is 3. The highest BCUT2D eigenvalue weighted by atomic mass is 16.3. The van der Waals surface area contributed by atoms with E-state index in [0.717, 1.165) is 33.8 Å². The van der Waals surface area contributed by atoms with Gasteiger partial charge in [0.15, 0.2) is 5.58 Å². The van der Waals surface area contributed by atoms with Gasteiger partial charge in [0.05, 0.1) is 5.56 Å². The standard InChI is InChI=1S/C18H14N2O2/c1-20-11-14(13-4-2-3-5-16(13)20)18-19-15-7-6-12(8-9-21)10-17(15)22-18/h2-7,9-11H,8H2,1H3. The average molecular weight is 290 g/mol. The Morgan fingerprint density at radius 1 is 1.23 bits per heavy atom. The lowest BCUT2D eigenvalue weighted by molar-refractivity contribution is -0.107. The minimum atomic E-state index is 0.389. The van der Waals surface area contributed by atoms with Crippen molar-refractivity contribution < 1.29 is 9.21 Å². The molecule has 4 heteroatoms. The summed E-state index contributed by atoms with van der Waals surface area (Å²) < 4.78 is 7.99. The second-order valence-corrected chi connectivity index (χ2v) is 5.36. The number of aldehydes is 1. The lowest BCUT2D eigenvalue weighted by Crippen LogP contribution is -1.83. The molecule has 0 bridgehead atoms. The van der Waals surface area contributed by atoms with Gasteiger partial charge in [-0.25, -0.2) is 4.98 Å². The normalized spacial score (nSPS) is 11.3. The number of aryl methyl sites for hydroxylation is 1. The van der Waals surface area contributed by atoms with Crippen LogP contribution in [-0.4, -0.2) is 15.8 Å². The van der Waals surface area contributed by atoms with Crippen LogP contribution < -0.4 is 0 Å². The molecule has 0 radical (unpaired) electrons. The molecule has 0 unspecified atom stereocenters. The molecule has 0 atom stereocenters. The van der Waals surface area contributed by atoms with Gasteiger partial charge in [0.2, 0.25) is 5.89 Å². The van der Waals surface area contributed by atoms with E-state index in [9.17, 15) is 4.79 Å². The van der Waals surface area contributed by atoms with Crippen LogP contribution >= 0.6 is 0 Å². The molecule has 0 saturated carbocycles. The molecule has 0 aliphatic heterocycles. The SMILES string of the molecule is Cn1cc(-c2nc3ccc(CC=O)cc3o2)c2ccccc21. The van der Waals surface area contributed by atoms with Gasteiger partial charge in [-0.1, -0.05) is 24.3 Å². The molecule has 0 saturated heterocycles. The van der Waals surface area contributed by atoms with Gasteiger partial charge in [-0.05, 0) is 23.8 Å². The first-order chi connectivity index (χ1) is 10.8. The first-order valence-corrected chi connectivity index (χ1v) is 7.14. The predicted molar refractivity (Wildman–Crippen MR) is 85.7 cm³/mol. The summed E-state index contributed by atoms with van der Waals surface area (Å²) in [6.07, 6.45) is 3.31. The van der Waals surface area contributed by atoms with Crippen molar-refractivity contribution in [2.24, 2.45) is 7.05 Å². The Bertz CT molecular complexity index is 995. The average Bonchev–Trinajstić information content (AvgIpc) is 3.09. The molecule has 4 nitrogen and oxygen atoms in total. The van der Waals surface area contributed by atoms with Gasteiger partial charge in [-0.2, -0.15) is 0 Å². The zero-order chi connectivity index (χ0) is 15.1. The van der Waals surface area contributed by atoms with Crippen LogP contribution in [0.15, 0.2) is 53.1 Å². The fourth-order valence-corrected chi connectivity index (χ4v) is 2.82. The van der Waals surface area contributed by atoms with Crippen molar-refractivity contribution in [2.75, 3.05) is 0 Å². The molecular weight excluding hydrogens is 276 g/mol. The fourth-order valence-electron chi connectivity index (χ4n) is 2.82. The first kappa shape index (κ1) is 12.8. The molecule has 22 heavy (non-hydrogen) atoms. The Kier molecular flexibility index (Phi) is 2.82. The lowest BCUT2D eigenvalue weighted by atomic mass is 10.1. The molecule has 4 aromatic rings. The van der Waals surface area contributed by atoms with Crippen molar-refractivity contribution in [1.29, 1.82) is 0 Å². The number of hydrogen-bond donors (Lipinski definition) is 0. The number of para-hydroxylation sites is 1. The predicted octanol–water partition coefficient (Wildman–Crippen LogP) is 3.73. The zero-order valence-corrected chi connectivity index (χ0v) is 12.1. The molecule has 2 aromatic carbocycles. The van der Waals surface area contributed by atoms with E-state index in [4.69, 9.17) is 4.42 Å². The van der Waals surface area contributed by atoms with E-state index in [0.29, 0.717) is 17.9 Å². The minimum Gasteiger partial charge on any atom is -0.436 e. The van der Waals surface area contributed by atoms with Gasteiger partial charge >= 0.3 is 0 Å². The van der Waals surface area contributed by atoms with Gasteiger partial charge in [-0.15, -0.1) is 0 Å². The molecule has 0 aliphatic rings. The topological polar surface area (TPSA) is 48.0 Å². The Morgan fingerprint density at radius 2 is 2.09 bits per heavy atom. The Morgan fingerprint density at radius 3 is 2.95 bits per heavy atom. The Hall–Kier alpha value is -2.88. The molecule has 0 aliphatic carbocycles. The third kappa shape index (κ3) is 1.92. The van der Waals surface area contributed by atoms with Crippen molar-refractivity contribution in [3.05, 3.63) is 54.2 Å². The van der Waals surface area contributed by atoms with E-state index >= 15 is 0 Å². The van der Waals surface area contributed by atoms with E-state index in [1.807, 2.05) is 43.6 Å². The number of carbonyl (C=O) groups excluding carboxylic acids is 1. The van der Waals surface area contributed by atoms with E-state index in [1.165, 1.54) is 0 Å². The van der Waals surface area contributed by atoms with E-state index in [1.54, 1.807) is 0 Å².